The average molecular weight is 302 g/mol. The zero-order chi connectivity index (χ0) is 12.8. The van der Waals surface area contributed by atoms with Gasteiger partial charge in [-0.05, 0) is 28.1 Å². The lowest BCUT2D eigenvalue weighted by Crippen LogP contribution is -2.32. The smallest absolute Gasteiger partial charge is 0.126 e. The molecular formula is C11H16BrN3O2. The molecule has 1 rings (SSSR count). The van der Waals surface area contributed by atoms with Crippen molar-refractivity contribution in [3.05, 3.63) is 28.2 Å². The lowest BCUT2D eigenvalue weighted by molar-refractivity contribution is 0.281. The Hall–Kier alpha value is -1.11. The van der Waals surface area contributed by atoms with E-state index in [2.05, 4.69) is 15.9 Å². The van der Waals surface area contributed by atoms with Crippen LogP contribution in [-0.4, -0.2) is 42.4 Å². The molecular weight excluding hydrogens is 286 g/mol. The van der Waals surface area contributed by atoms with E-state index in [4.69, 9.17) is 21.4 Å². The van der Waals surface area contributed by atoms with Gasteiger partial charge in [0.05, 0.1) is 18.8 Å². The number of anilines is 1. The van der Waals surface area contributed by atoms with Gasteiger partial charge in [-0.2, -0.15) is 0 Å². The molecule has 5 N–H and O–H groups in total. The summed E-state index contributed by atoms with van der Waals surface area (Å²) >= 11 is 3.35. The van der Waals surface area contributed by atoms with Gasteiger partial charge >= 0.3 is 0 Å². The van der Waals surface area contributed by atoms with Crippen molar-refractivity contribution in [2.75, 3.05) is 31.2 Å². The summed E-state index contributed by atoms with van der Waals surface area (Å²) in [7, 11) is 0. The molecule has 1 aromatic rings. The standard InChI is InChI=1S/C11H16BrN3O2/c12-8-2-1-3-9(10(8)11(13)14)15(4-6-16)5-7-17/h1-3,16-17H,4-7H2,(H3,13,14). The van der Waals surface area contributed by atoms with Gasteiger partial charge in [0.15, 0.2) is 0 Å². The van der Waals surface area contributed by atoms with Gasteiger partial charge in [0.2, 0.25) is 0 Å². The minimum atomic E-state index is -0.0478. The highest BCUT2D eigenvalue weighted by Crippen LogP contribution is 2.27. The van der Waals surface area contributed by atoms with Crippen LogP contribution in [0.15, 0.2) is 22.7 Å². The third kappa shape index (κ3) is 3.42. The van der Waals surface area contributed by atoms with Crippen LogP contribution < -0.4 is 10.6 Å². The summed E-state index contributed by atoms with van der Waals surface area (Å²) in [6, 6.07) is 5.44. The number of nitrogen functional groups attached to an aromatic ring is 1. The Morgan fingerprint density at radius 2 is 1.88 bits per heavy atom. The molecule has 1 aromatic carbocycles. The van der Waals surface area contributed by atoms with Crippen LogP contribution in [0.4, 0.5) is 5.69 Å². The number of hydrogen-bond donors (Lipinski definition) is 4. The summed E-state index contributed by atoms with van der Waals surface area (Å²) in [5, 5.41) is 25.6. The highest BCUT2D eigenvalue weighted by molar-refractivity contribution is 9.10. The van der Waals surface area contributed by atoms with Crippen molar-refractivity contribution in [3.63, 3.8) is 0 Å². The molecule has 0 spiro atoms. The lowest BCUT2D eigenvalue weighted by Gasteiger charge is -2.25. The topological polar surface area (TPSA) is 93.6 Å². The Labute approximate surface area is 108 Å². The van der Waals surface area contributed by atoms with Gasteiger partial charge in [0.25, 0.3) is 0 Å². The molecule has 94 valence electrons. The Bertz CT molecular complexity index is 392. The van der Waals surface area contributed by atoms with Crippen LogP contribution in [0.3, 0.4) is 0 Å². The molecule has 0 aliphatic carbocycles. The number of aliphatic hydroxyl groups is 2. The number of nitrogens with one attached hydrogen (secondary N) is 1. The van der Waals surface area contributed by atoms with Crippen LogP contribution in [0.2, 0.25) is 0 Å². The van der Waals surface area contributed by atoms with Crippen LogP contribution in [0.1, 0.15) is 5.56 Å². The van der Waals surface area contributed by atoms with E-state index in [0.29, 0.717) is 18.7 Å². The fourth-order valence-electron chi connectivity index (χ4n) is 1.64. The first-order valence-electron chi connectivity index (χ1n) is 5.21. The normalized spacial score (nSPS) is 10.3. The number of benzene rings is 1. The second-order valence-electron chi connectivity index (χ2n) is 3.48. The van der Waals surface area contributed by atoms with Crippen LogP contribution in [0.25, 0.3) is 0 Å². The highest BCUT2D eigenvalue weighted by Gasteiger charge is 2.14. The van der Waals surface area contributed by atoms with Crippen molar-refractivity contribution in [2.45, 2.75) is 0 Å². The second-order valence-corrected chi connectivity index (χ2v) is 4.34. The number of aliphatic hydroxyl groups excluding tert-OH is 2. The molecule has 0 amide bonds. The highest BCUT2D eigenvalue weighted by atomic mass is 79.9. The molecule has 0 aliphatic heterocycles. The number of nitrogens with zero attached hydrogens (tertiary/aromatic N) is 1. The number of halogens is 1. The zero-order valence-corrected chi connectivity index (χ0v) is 10.9. The molecule has 6 heteroatoms. The molecule has 0 atom stereocenters. The van der Waals surface area contributed by atoms with Gasteiger partial charge in [-0.1, -0.05) is 6.07 Å². The van der Waals surface area contributed by atoms with Crippen molar-refractivity contribution < 1.29 is 10.2 Å². The van der Waals surface area contributed by atoms with E-state index >= 15 is 0 Å². The average Bonchev–Trinajstić information content (AvgIpc) is 2.28. The molecule has 0 saturated carbocycles. The Morgan fingerprint density at radius 3 is 2.35 bits per heavy atom. The van der Waals surface area contributed by atoms with Crippen molar-refractivity contribution in [3.8, 4) is 0 Å². The molecule has 0 unspecified atom stereocenters. The molecule has 0 saturated heterocycles. The molecule has 0 aromatic heterocycles. The Morgan fingerprint density at radius 1 is 1.29 bits per heavy atom. The van der Waals surface area contributed by atoms with E-state index in [1.54, 1.807) is 11.0 Å². The van der Waals surface area contributed by atoms with Crippen molar-refractivity contribution >= 4 is 27.5 Å². The fraction of sp³-hybridized carbons (Fsp3) is 0.364. The number of rotatable bonds is 6. The number of amidine groups is 1. The van der Waals surface area contributed by atoms with Gasteiger partial charge < -0.3 is 20.8 Å². The molecule has 0 aliphatic rings. The maximum atomic E-state index is 9.00. The molecule has 0 heterocycles. The third-order valence-electron chi connectivity index (χ3n) is 2.34. The molecule has 17 heavy (non-hydrogen) atoms. The first-order chi connectivity index (χ1) is 8.11. The first-order valence-corrected chi connectivity index (χ1v) is 6.00. The summed E-state index contributed by atoms with van der Waals surface area (Å²) < 4.78 is 0.725. The quantitative estimate of drug-likeness (QED) is 0.455. The Balaban J connectivity index is 3.17. The number of hydrogen-bond acceptors (Lipinski definition) is 4. The van der Waals surface area contributed by atoms with E-state index in [1.807, 2.05) is 12.1 Å². The molecule has 0 fully saturated rings. The van der Waals surface area contributed by atoms with Crippen molar-refractivity contribution in [1.29, 1.82) is 5.41 Å². The first kappa shape index (κ1) is 14.0. The minimum Gasteiger partial charge on any atom is -0.395 e. The Kier molecular flexibility index (Phi) is 5.40. The maximum Gasteiger partial charge on any atom is 0.126 e. The van der Waals surface area contributed by atoms with Crippen LogP contribution in [0, 0.1) is 5.41 Å². The van der Waals surface area contributed by atoms with Crippen LogP contribution >= 0.6 is 15.9 Å². The van der Waals surface area contributed by atoms with Crippen LogP contribution in [0.5, 0.6) is 0 Å². The largest absolute Gasteiger partial charge is 0.395 e. The van der Waals surface area contributed by atoms with Gasteiger partial charge in [-0.3, -0.25) is 5.41 Å². The summed E-state index contributed by atoms with van der Waals surface area (Å²) in [5.41, 5.74) is 6.86. The molecule has 0 bridgehead atoms. The fourth-order valence-corrected chi connectivity index (χ4v) is 2.21. The minimum absolute atomic E-state index is 0.0240. The lowest BCUT2D eigenvalue weighted by atomic mass is 10.1. The third-order valence-corrected chi connectivity index (χ3v) is 3.00. The van der Waals surface area contributed by atoms with Gasteiger partial charge in [0, 0.05) is 23.2 Å². The molecule has 5 nitrogen and oxygen atoms in total. The SMILES string of the molecule is N=C(N)c1c(Br)cccc1N(CCO)CCO. The van der Waals surface area contributed by atoms with Gasteiger partial charge in [0.1, 0.15) is 5.84 Å². The summed E-state index contributed by atoms with van der Waals surface area (Å²) in [6.45, 7) is 0.725. The monoisotopic (exact) mass is 301 g/mol. The van der Waals surface area contributed by atoms with E-state index in [0.717, 1.165) is 10.2 Å². The predicted octanol–water partition coefficient (Wildman–Crippen LogP) is 0.524. The summed E-state index contributed by atoms with van der Waals surface area (Å²) in [5.74, 6) is -0.0478. The maximum absolute atomic E-state index is 9.00. The van der Waals surface area contributed by atoms with Crippen LogP contribution in [-0.2, 0) is 0 Å². The second kappa shape index (κ2) is 6.58. The van der Waals surface area contributed by atoms with E-state index < -0.39 is 0 Å². The van der Waals surface area contributed by atoms with E-state index in [-0.39, 0.29) is 19.0 Å². The van der Waals surface area contributed by atoms with Crippen molar-refractivity contribution in [2.24, 2.45) is 5.73 Å². The summed E-state index contributed by atoms with van der Waals surface area (Å²) in [6.07, 6.45) is 0. The number of nitrogens with two attached hydrogens (primary N) is 1. The van der Waals surface area contributed by atoms with Crippen molar-refractivity contribution in [1.82, 2.24) is 0 Å². The predicted molar refractivity (Wildman–Crippen MR) is 71.5 cm³/mol. The zero-order valence-electron chi connectivity index (χ0n) is 9.36. The molecule has 0 radical (unpaired) electrons. The summed E-state index contributed by atoms with van der Waals surface area (Å²) in [4.78, 5) is 1.79. The van der Waals surface area contributed by atoms with E-state index in [1.165, 1.54) is 0 Å². The van der Waals surface area contributed by atoms with E-state index in [9.17, 15) is 0 Å². The van der Waals surface area contributed by atoms with Gasteiger partial charge in [-0.25, -0.2) is 0 Å². The van der Waals surface area contributed by atoms with Gasteiger partial charge in [-0.15, -0.1) is 0 Å².